The van der Waals surface area contributed by atoms with Crippen molar-refractivity contribution in [1.82, 2.24) is 0 Å². The Kier molecular flexibility index (Phi) is 4.27. The van der Waals surface area contributed by atoms with Gasteiger partial charge in [0, 0.05) is 31.2 Å². The van der Waals surface area contributed by atoms with Gasteiger partial charge in [-0.3, -0.25) is 19.2 Å². The molecule has 3 heterocycles. The number of carbonyl (C=O) groups is 4. The van der Waals surface area contributed by atoms with E-state index in [1.54, 1.807) is 13.0 Å². The molecule has 0 bridgehead atoms. The maximum absolute atomic E-state index is 13.6. The van der Waals surface area contributed by atoms with Gasteiger partial charge < -0.3 is 23.7 Å². The molecule has 5 rings (SSSR count). The average molecular weight is 432 g/mol. The Bertz CT molecular complexity index is 962. The highest BCUT2D eigenvalue weighted by molar-refractivity contribution is 6.04. The summed E-state index contributed by atoms with van der Waals surface area (Å²) in [6.07, 6.45) is 1.43. The molecule has 1 aromatic rings. The number of carbonyl (C=O) groups excluding carboxylic acids is 4. The molecular weight excluding hydrogens is 408 g/mol. The van der Waals surface area contributed by atoms with E-state index in [4.69, 9.17) is 18.6 Å². The van der Waals surface area contributed by atoms with Crippen molar-refractivity contribution < 1.29 is 42.9 Å². The van der Waals surface area contributed by atoms with Crippen molar-refractivity contribution in [3.63, 3.8) is 0 Å². The van der Waals surface area contributed by atoms with Crippen LogP contribution in [-0.4, -0.2) is 53.5 Å². The summed E-state index contributed by atoms with van der Waals surface area (Å²) in [5.74, 6) is -3.46. The summed E-state index contributed by atoms with van der Waals surface area (Å²) in [4.78, 5) is 51.7. The molecule has 4 fully saturated rings. The molecule has 4 aliphatic rings. The Morgan fingerprint density at radius 2 is 2.06 bits per heavy atom. The highest BCUT2D eigenvalue weighted by Crippen LogP contribution is 2.69. The van der Waals surface area contributed by atoms with Crippen LogP contribution in [-0.2, 0) is 33.4 Å². The first-order valence-electron chi connectivity index (χ1n) is 10.5. The van der Waals surface area contributed by atoms with Gasteiger partial charge >= 0.3 is 11.9 Å². The molecular formula is C22H24O9. The third kappa shape index (κ3) is 2.39. The Morgan fingerprint density at radius 3 is 2.68 bits per heavy atom. The predicted molar refractivity (Wildman–Crippen MR) is 100 cm³/mol. The van der Waals surface area contributed by atoms with E-state index in [1.807, 2.05) is 0 Å². The molecule has 2 spiro atoms. The number of Topliss-reactive ketones (excluding diaryl/α,β-unsaturated/α-hetero) is 2. The molecule has 0 amide bonds. The number of aliphatic hydroxyl groups is 1. The first kappa shape index (κ1) is 20.4. The molecule has 2 aliphatic carbocycles. The fourth-order valence-electron chi connectivity index (χ4n) is 6.38. The van der Waals surface area contributed by atoms with Gasteiger partial charge in [-0.1, -0.05) is 6.92 Å². The summed E-state index contributed by atoms with van der Waals surface area (Å²) in [6, 6.07) is 1.70. The van der Waals surface area contributed by atoms with Crippen LogP contribution in [0.2, 0.25) is 0 Å². The van der Waals surface area contributed by atoms with Crippen LogP contribution in [0.3, 0.4) is 0 Å². The van der Waals surface area contributed by atoms with Gasteiger partial charge in [-0.15, -0.1) is 0 Å². The van der Waals surface area contributed by atoms with Crippen LogP contribution in [0.4, 0.5) is 0 Å². The van der Waals surface area contributed by atoms with Crippen LogP contribution < -0.4 is 0 Å². The van der Waals surface area contributed by atoms with E-state index in [-0.39, 0.29) is 31.7 Å². The molecule has 0 unspecified atom stereocenters. The van der Waals surface area contributed by atoms with Crippen molar-refractivity contribution in [3.8, 4) is 0 Å². The minimum atomic E-state index is -1.63. The van der Waals surface area contributed by atoms with Gasteiger partial charge in [-0.2, -0.15) is 0 Å². The van der Waals surface area contributed by atoms with Crippen LogP contribution in [0.1, 0.15) is 44.8 Å². The zero-order valence-corrected chi connectivity index (χ0v) is 17.3. The van der Waals surface area contributed by atoms with Crippen molar-refractivity contribution in [3.05, 3.63) is 24.2 Å². The maximum atomic E-state index is 13.6. The Hall–Kier alpha value is -2.52. The van der Waals surface area contributed by atoms with Crippen molar-refractivity contribution in [2.24, 2.45) is 22.7 Å². The fourth-order valence-corrected chi connectivity index (χ4v) is 6.38. The number of furan rings is 1. The molecule has 166 valence electrons. The molecule has 9 heteroatoms. The lowest BCUT2D eigenvalue weighted by molar-refractivity contribution is -0.203. The normalized spacial score (nSPS) is 43.8. The summed E-state index contributed by atoms with van der Waals surface area (Å²) in [7, 11) is 0. The summed E-state index contributed by atoms with van der Waals surface area (Å²) in [5, 5.41) is 11.0. The first-order chi connectivity index (χ1) is 14.7. The van der Waals surface area contributed by atoms with E-state index in [0.717, 1.165) is 0 Å². The summed E-state index contributed by atoms with van der Waals surface area (Å²) in [6.45, 7) is 2.44. The molecule has 0 radical (unpaired) electrons. The van der Waals surface area contributed by atoms with Crippen molar-refractivity contribution >= 4 is 23.5 Å². The molecule has 2 saturated heterocycles. The lowest BCUT2D eigenvalue weighted by Gasteiger charge is -2.58. The van der Waals surface area contributed by atoms with Gasteiger partial charge in [0.2, 0.25) is 0 Å². The monoisotopic (exact) mass is 432 g/mol. The summed E-state index contributed by atoms with van der Waals surface area (Å²) in [5.41, 5.74) is -3.68. The molecule has 2 saturated carbocycles. The lowest BCUT2D eigenvalue weighted by Crippen LogP contribution is -2.72. The number of hydrogen-bond donors (Lipinski definition) is 1. The highest BCUT2D eigenvalue weighted by Gasteiger charge is 2.82. The van der Waals surface area contributed by atoms with Crippen molar-refractivity contribution in [1.29, 1.82) is 0 Å². The van der Waals surface area contributed by atoms with E-state index >= 15 is 0 Å². The maximum Gasteiger partial charge on any atom is 0.313 e. The van der Waals surface area contributed by atoms with Gasteiger partial charge in [0.15, 0.2) is 17.2 Å². The lowest BCUT2D eigenvalue weighted by atomic mass is 9.42. The van der Waals surface area contributed by atoms with Gasteiger partial charge in [-0.05, 0) is 18.4 Å². The smallest absolute Gasteiger partial charge is 0.313 e. The van der Waals surface area contributed by atoms with Crippen LogP contribution in [0, 0.1) is 22.7 Å². The van der Waals surface area contributed by atoms with Crippen LogP contribution >= 0.6 is 0 Å². The molecule has 0 aromatic carbocycles. The molecule has 7 atom stereocenters. The second-order valence-corrected chi connectivity index (χ2v) is 9.17. The van der Waals surface area contributed by atoms with E-state index < -0.39 is 64.8 Å². The zero-order valence-electron chi connectivity index (χ0n) is 17.3. The molecule has 2 aliphatic heterocycles. The number of fused-ring (bicyclic) bond motifs is 3. The Balaban J connectivity index is 1.67. The molecule has 1 N–H and O–H groups in total. The van der Waals surface area contributed by atoms with Gasteiger partial charge in [0.25, 0.3) is 0 Å². The minimum absolute atomic E-state index is 0.00722. The third-order valence-corrected chi connectivity index (χ3v) is 8.05. The largest absolute Gasteiger partial charge is 0.472 e. The number of cyclic esters (lactones) is 1. The molecule has 9 nitrogen and oxygen atoms in total. The molecule has 31 heavy (non-hydrogen) atoms. The van der Waals surface area contributed by atoms with Gasteiger partial charge in [-0.25, -0.2) is 0 Å². The SMILES string of the molecule is CC(=O)OC[C@@]12C(=O)[C@H](O)[C@@H](C)[C@]3(C[C@@H](c4ccoc4)OC3=O)[C@H]1CCC(=O)[C@]21CO1. The van der Waals surface area contributed by atoms with Gasteiger partial charge in [0.05, 0.1) is 24.5 Å². The van der Waals surface area contributed by atoms with Crippen molar-refractivity contribution in [2.45, 2.75) is 50.9 Å². The number of epoxide rings is 1. The van der Waals surface area contributed by atoms with Crippen LogP contribution in [0.25, 0.3) is 0 Å². The van der Waals surface area contributed by atoms with E-state index in [9.17, 15) is 24.3 Å². The number of hydrogen-bond acceptors (Lipinski definition) is 9. The minimum Gasteiger partial charge on any atom is -0.472 e. The average Bonchev–Trinajstić information content (AvgIpc) is 3.20. The fraction of sp³-hybridized carbons (Fsp3) is 0.636. The van der Waals surface area contributed by atoms with Crippen LogP contribution in [0.5, 0.6) is 0 Å². The number of rotatable bonds is 3. The summed E-state index contributed by atoms with van der Waals surface area (Å²) < 4.78 is 21.8. The van der Waals surface area contributed by atoms with E-state index in [0.29, 0.717) is 5.56 Å². The second kappa shape index (κ2) is 6.49. The number of aliphatic hydroxyl groups excluding tert-OH is 1. The van der Waals surface area contributed by atoms with E-state index in [1.165, 1.54) is 19.5 Å². The number of ether oxygens (including phenoxy) is 3. The zero-order chi connectivity index (χ0) is 22.2. The van der Waals surface area contributed by atoms with Crippen LogP contribution in [0.15, 0.2) is 23.0 Å². The first-order valence-corrected chi connectivity index (χ1v) is 10.5. The standard InChI is InChI=1S/C22H24O9/c1-11-17(25)18(26)21(9-29-12(2)23)15(3-4-16(24)22(21)10-30-22)20(11)7-14(31-19(20)27)13-5-6-28-8-13/h5-6,8,11,14-15,17,25H,3-4,7,9-10H2,1-2H3/t11-,14+,15-,17-,20-,21+,22-/m1/s1. The van der Waals surface area contributed by atoms with Gasteiger partial charge in [0.1, 0.15) is 24.2 Å². The molecule has 1 aromatic heterocycles. The Labute approximate surface area is 178 Å². The highest BCUT2D eigenvalue weighted by atomic mass is 16.6. The predicted octanol–water partition coefficient (Wildman–Crippen LogP) is 1.13. The topological polar surface area (TPSA) is 133 Å². The van der Waals surface area contributed by atoms with Crippen molar-refractivity contribution in [2.75, 3.05) is 13.2 Å². The number of ketones is 2. The number of esters is 2. The Morgan fingerprint density at radius 1 is 1.32 bits per heavy atom. The second-order valence-electron chi connectivity index (χ2n) is 9.17. The quantitative estimate of drug-likeness (QED) is 0.551. The summed E-state index contributed by atoms with van der Waals surface area (Å²) >= 11 is 0. The van der Waals surface area contributed by atoms with E-state index in [2.05, 4.69) is 0 Å². The third-order valence-electron chi connectivity index (χ3n) is 8.05.